The first kappa shape index (κ1) is 13.8. The molecular weight excluding hydrogens is 257 g/mol. The van der Waals surface area contributed by atoms with Crippen molar-refractivity contribution in [3.05, 3.63) is 66.7 Å². The Morgan fingerprint density at radius 1 is 1.30 bits per heavy atom. The number of carbonyl (C=O) groups excluding carboxylic acids is 1. The number of hydrogen-bond acceptors (Lipinski definition) is 2. The van der Waals surface area contributed by atoms with Crippen molar-refractivity contribution in [3.8, 4) is 11.3 Å². The van der Waals surface area contributed by atoms with Gasteiger partial charge in [0.1, 0.15) is 17.3 Å². The van der Waals surface area contributed by atoms with Gasteiger partial charge in [0, 0.05) is 12.6 Å². The summed E-state index contributed by atoms with van der Waals surface area (Å²) in [6.45, 7) is 3.91. The maximum Gasteiger partial charge on any atom is 0.244 e. The van der Waals surface area contributed by atoms with Crippen LogP contribution in [0.5, 0.6) is 0 Å². The Bertz CT molecular complexity index is 643. The molecule has 1 aromatic carbocycles. The second-order valence-electron chi connectivity index (χ2n) is 4.05. The summed E-state index contributed by atoms with van der Waals surface area (Å²) in [6, 6.07) is 9.71. The van der Waals surface area contributed by atoms with Gasteiger partial charge in [-0.2, -0.15) is 0 Å². The van der Waals surface area contributed by atoms with Gasteiger partial charge in [0.25, 0.3) is 0 Å². The molecule has 0 saturated carbocycles. The van der Waals surface area contributed by atoms with Crippen LogP contribution >= 0.6 is 0 Å². The summed E-state index contributed by atoms with van der Waals surface area (Å²) in [5.74, 6) is 0.320. The van der Waals surface area contributed by atoms with Crippen LogP contribution in [0.1, 0.15) is 5.76 Å². The summed E-state index contributed by atoms with van der Waals surface area (Å²) in [6.07, 6.45) is 4.48. The van der Waals surface area contributed by atoms with Crippen molar-refractivity contribution in [2.75, 3.05) is 6.54 Å². The summed E-state index contributed by atoms with van der Waals surface area (Å²) < 4.78 is 19.1. The van der Waals surface area contributed by atoms with E-state index in [1.165, 1.54) is 18.2 Å². The highest BCUT2D eigenvalue weighted by atomic mass is 19.1. The highest BCUT2D eigenvalue weighted by Gasteiger charge is 2.07. The highest BCUT2D eigenvalue weighted by molar-refractivity contribution is 5.91. The number of amides is 1. The summed E-state index contributed by atoms with van der Waals surface area (Å²) in [4.78, 5) is 11.4. The predicted molar refractivity (Wildman–Crippen MR) is 76.3 cm³/mol. The first-order valence-corrected chi connectivity index (χ1v) is 6.12. The van der Waals surface area contributed by atoms with Gasteiger partial charge >= 0.3 is 0 Å². The van der Waals surface area contributed by atoms with Gasteiger partial charge in [0.05, 0.1) is 5.56 Å². The quantitative estimate of drug-likeness (QED) is 0.669. The third-order valence-corrected chi connectivity index (χ3v) is 2.59. The standard InChI is InChI=1S/C16H14FNO2/c1-2-11-18-16(19)10-8-12-7-9-15(20-12)13-5-3-4-6-14(13)17/h2-10H,1,11H2,(H,18,19)/b10-8+. The monoisotopic (exact) mass is 271 g/mol. The minimum atomic E-state index is -0.346. The average Bonchev–Trinajstić information content (AvgIpc) is 2.92. The molecule has 1 aromatic heterocycles. The Hall–Kier alpha value is -2.62. The van der Waals surface area contributed by atoms with E-state index in [2.05, 4.69) is 11.9 Å². The number of rotatable bonds is 5. The lowest BCUT2D eigenvalue weighted by atomic mass is 10.1. The second-order valence-corrected chi connectivity index (χ2v) is 4.05. The van der Waals surface area contributed by atoms with Gasteiger partial charge in [-0.1, -0.05) is 18.2 Å². The minimum absolute atomic E-state index is 0.242. The van der Waals surface area contributed by atoms with E-state index in [1.54, 1.807) is 36.4 Å². The third kappa shape index (κ3) is 3.45. The van der Waals surface area contributed by atoms with Crippen molar-refractivity contribution < 1.29 is 13.6 Å². The van der Waals surface area contributed by atoms with Crippen LogP contribution in [0.4, 0.5) is 4.39 Å². The van der Waals surface area contributed by atoms with E-state index in [-0.39, 0.29) is 11.7 Å². The number of benzene rings is 1. The van der Waals surface area contributed by atoms with Gasteiger partial charge in [-0.3, -0.25) is 4.79 Å². The van der Waals surface area contributed by atoms with Gasteiger partial charge in [-0.25, -0.2) is 4.39 Å². The number of halogens is 1. The van der Waals surface area contributed by atoms with Gasteiger partial charge in [0.2, 0.25) is 5.91 Å². The molecule has 1 heterocycles. The van der Waals surface area contributed by atoms with Crippen LogP contribution < -0.4 is 5.32 Å². The fourth-order valence-corrected chi connectivity index (χ4v) is 1.64. The zero-order chi connectivity index (χ0) is 14.4. The first-order chi connectivity index (χ1) is 9.70. The zero-order valence-corrected chi connectivity index (χ0v) is 10.8. The molecule has 3 nitrogen and oxygen atoms in total. The zero-order valence-electron chi connectivity index (χ0n) is 10.8. The molecule has 0 saturated heterocycles. The first-order valence-electron chi connectivity index (χ1n) is 6.12. The van der Waals surface area contributed by atoms with Crippen LogP contribution in [0.2, 0.25) is 0 Å². The van der Waals surface area contributed by atoms with Crippen LogP contribution in [-0.2, 0) is 4.79 Å². The highest BCUT2D eigenvalue weighted by Crippen LogP contribution is 2.25. The maximum atomic E-state index is 13.6. The molecule has 1 amide bonds. The van der Waals surface area contributed by atoms with Crippen LogP contribution in [-0.4, -0.2) is 12.5 Å². The van der Waals surface area contributed by atoms with Gasteiger partial charge in [-0.05, 0) is 30.3 Å². The van der Waals surface area contributed by atoms with Crippen molar-refractivity contribution in [2.45, 2.75) is 0 Å². The molecule has 0 aliphatic carbocycles. The summed E-state index contributed by atoms with van der Waals surface area (Å²) >= 11 is 0. The third-order valence-electron chi connectivity index (χ3n) is 2.59. The topological polar surface area (TPSA) is 42.2 Å². The Morgan fingerprint density at radius 3 is 2.85 bits per heavy atom. The molecule has 0 bridgehead atoms. The molecule has 0 atom stereocenters. The van der Waals surface area contributed by atoms with E-state index in [0.29, 0.717) is 23.6 Å². The largest absolute Gasteiger partial charge is 0.457 e. The number of hydrogen-bond donors (Lipinski definition) is 1. The molecule has 102 valence electrons. The molecule has 0 unspecified atom stereocenters. The molecule has 1 N–H and O–H groups in total. The van der Waals surface area contributed by atoms with E-state index in [4.69, 9.17) is 4.42 Å². The Kier molecular flexibility index (Phi) is 4.50. The fourth-order valence-electron chi connectivity index (χ4n) is 1.64. The lowest BCUT2D eigenvalue weighted by Gasteiger charge is -1.98. The molecule has 2 rings (SSSR count). The summed E-state index contributed by atoms with van der Waals surface area (Å²) in [5, 5.41) is 2.60. The summed E-state index contributed by atoms with van der Waals surface area (Å²) in [5.41, 5.74) is 0.392. The normalized spacial score (nSPS) is 10.7. The average molecular weight is 271 g/mol. The van der Waals surface area contributed by atoms with Crippen LogP contribution in [0.25, 0.3) is 17.4 Å². The molecule has 4 heteroatoms. The van der Waals surface area contributed by atoms with Crippen molar-refractivity contribution in [1.82, 2.24) is 5.32 Å². The second kappa shape index (κ2) is 6.52. The minimum Gasteiger partial charge on any atom is -0.457 e. The lowest BCUT2D eigenvalue weighted by molar-refractivity contribution is -0.116. The fraction of sp³-hybridized carbons (Fsp3) is 0.0625. The van der Waals surface area contributed by atoms with E-state index in [1.807, 2.05) is 0 Å². The maximum absolute atomic E-state index is 13.6. The molecule has 0 radical (unpaired) electrons. The van der Waals surface area contributed by atoms with Crippen LogP contribution in [0.3, 0.4) is 0 Å². The smallest absolute Gasteiger partial charge is 0.244 e. The van der Waals surface area contributed by atoms with E-state index in [0.717, 1.165) is 0 Å². The number of nitrogens with one attached hydrogen (secondary N) is 1. The number of furan rings is 1. The van der Waals surface area contributed by atoms with Gasteiger partial charge in [0.15, 0.2) is 0 Å². The summed E-state index contributed by atoms with van der Waals surface area (Å²) in [7, 11) is 0. The van der Waals surface area contributed by atoms with Gasteiger partial charge in [-0.15, -0.1) is 6.58 Å². The molecule has 0 fully saturated rings. The van der Waals surface area contributed by atoms with Gasteiger partial charge < -0.3 is 9.73 Å². The van der Waals surface area contributed by atoms with Crippen LogP contribution in [0, 0.1) is 5.82 Å². The van der Waals surface area contributed by atoms with Crippen molar-refractivity contribution in [3.63, 3.8) is 0 Å². The molecule has 2 aromatic rings. The van der Waals surface area contributed by atoms with Crippen LogP contribution in [0.15, 0.2) is 59.5 Å². The predicted octanol–water partition coefficient (Wildman–Crippen LogP) is 3.40. The van der Waals surface area contributed by atoms with Crippen molar-refractivity contribution >= 4 is 12.0 Å². The van der Waals surface area contributed by atoms with Crippen molar-refractivity contribution in [1.29, 1.82) is 0 Å². The SMILES string of the molecule is C=CCNC(=O)/C=C/c1ccc(-c2ccccc2F)o1. The van der Waals surface area contributed by atoms with E-state index < -0.39 is 0 Å². The Morgan fingerprint density at radius 2 is 2.10 bits per heavy atom. The molecule has 0 spiro atoms. The van der Waals surface area contributed by atoms with E-state index >= 15 is 0 Å². The van der Waals surface area contributed by atoms with E-state index in [9.17, 15) is 9.18 Å². The molecule has 20 heavy (non-hydrogen) atoms. The van der Waals surface area contributed by atoms with Crippen molar-refractivity contribution in [2.24, 2.45) is 0 Å². The Balaban J connectivity index is 2.10. The Labute approximate surface area is 116 Å². The number of carbonyl (C=O) groups is 1. The molecule has 0 aliphatic heterocycles. The lowest BCUT2D eigenvalue weighted by Crippen LogP contribution is -2.20. The molecule has 0 aliphatic rings. The molecular formula is C16H14FNO2.